The lowest BCUT2D eigenvalue weighted by atomic mass is 9.70. The molecule has 174 valence electrons. The highest BCUT2D eigenvalue weighted by atomic mass is 79.9. The Morgan fingerprint density at radius 3 is 2.67 bits per heavy atom. The summed E-state index contributed by atoms with van der Waals surface area (Å²) in [6.07, 6.45) is -0.0760. The lowest BCUT2D eigenvalue weighted by Gasteiger charge is -2.35. The smallest absolute Gasteiger partial charge is 0.250 e. The number of benzene rings is 2. The molecular weight excluding hydrogens is 490 g/mol. The van der Waals surface area contributed by atoms with Gasteiger partial charge in [-0.25, -0.2) is 0 Å². The van der Waals surface area contributed by atoms with Gasteiger partial charge in [0.05, 0.1) is 30.6 Å². The third-order valence-electron chi connectivity index (χ3n) is 7.28. The lowest BCUT2D eigenvalue weighted by Crippen LogP contribution is -2.56. The van der Waals surface area contributed by atoms with Crippen LogP contribution in [0.1, 0.15) is 13.3 Å². The van der Waals surface area contributed by atoms with Crippen LogP contribution in [0.3, 0.4) is 0 Å². The van der Waals surface area contributed by atoms with E-state index in [1.165, 1.54) is 11.9 Å². The molecule has 3 amide bonds. The average molecular weight is 516 g/mol. The van der Waals surface area contributed by atoms with Crippen molar-refractivity contribution in [3.8, 4) is 0 Å². The zero-order valence-electron chi connectivity index (χ0n) is 18.3. The molecule has 2 aromatic carbocycles. The van der Waals surface area contributed by atoms with E-state index in [1.54, 1.807) is 6.92 Å². The van der Waals surface area contributed by atoms with E-state index >= 15 is 0 Å². The number of anilines is 1. The Kier molecular flexibility index (Phi) is 5.46. The van der Waals surface area contributed by atoms with Crippen molar-refractivity contribution in [3.05, 3.63) is 42.5 Å². The maximum atomic E-state index is 13.7. The molecule has 2 bridgehead atoms. The van der Waals surface area contributed by atoms with Crippen molar-refractivity contribution in [2.45, 2.75) is 42.0 Å². The van der Waals surface area contributed by atoms with Crippen molar-refractivity contribution in [1.82, 2.24) is 10.2 Å². The van der Waals surface area contributed by atoms with Gasteiger partial charge in [0.2, 0.25) is 17.7 Å². The second kappa shape index (κ2) is 8.07. The number of hydrogen-bond acceptors (Lipinski definition) is 5. The van der Waals surface area contributed by atoms with Gasteiger partial charge in [-0.2, -0.15) is 0 Å². The van der Waals surface area contributed by atoms with Crippen LogP contribution in [-0.4, -0.2) is 70.0 Å². The fourth-order valence-electron chi connectivity index (χ4n) is 5.87. The highest BCUT2D eigenvalue weighted by Crippen LogP contribution is 2.60. The topological polar surface area (TPSA) is 108 Å². The first kappa shape index (κ1) is 22.3. The normalized spacial score (nSPS) is 33.3. The number of rotatable bonds is 5. The zero-order chi connectivity index (χ0) is 23.5. The van der Waals surface area contributed by atoms with Gasteiger partial charge in [0.1, 0.15) is 11.6 Å². The molecule has 7 atom stereocenters. The molecule has 0 aliphatic carbocycles. The Morgan fingerprint density at radius 2 is 1.97 bits per heavy atom. The number of halogens is 1. The third kappa shape index (κ3) is 3.20. The molecule has 1 spiro atoms. The Balaban J connectivity index is 1.54. The monoisotopic (exact) mass is 515 g/mol. The van der Waals surface area contributed by atoms with Crippen molar-refractivity contribution in [2.24, 2.45) is 11.8 Å². The van der Waals surface area contributed by atoms with Crippen molar-refractivity contribution < 1.29 is 24.2 Å². The van der Waals surface area contributed by atoms with Crippen LogP contribution in [0, 0.1) is 11.8 Å². The van der Waals surface area contributed by atoms with E-state index in [1.807, 2.05) is 42.5 Å². The highest BCUT2D eigenvalue weighted by molar-refractivity contribution is 9.09. The molecule has 8 nitrogen and oxygen atoms in total. The summed E-state index contributed by atoms with van der Waals surface area (Å²) < 4.78 is 6.36. The van der Waals surface area contributed by atoms with Gasteiger partial charge in [0.25, 0.3) is 0 Å². The van der Waals surface area contributed by atoms with Gasteiger partial charge in [0, 0.05) is 17.6 Å². The van der Waals surface area contributed by atoms with Gasteiger partial charge < -0.3 is 25.4 Å². The number of aliphatic hydroxyl groups excluding tert-OH is 1. The fourth-order valence-corrected chi connectivity index (χ4v) is 6.82. The molecule has 3 aliphatic heterocycles. The Labute approximate surface area is 199 Å². The van der Waals surface area contributed by atoms with Gasteiger partial charge in [0.15, 0.2) is 0 Å². The number of likely N-dealkylation sites (tertiary alicyclic amines) is 1. The lowest BCUT2D eigenvalue weighted by molar-refractivity contribution is -0.143. The number of alkyl halides is 1. The standard InChI is InChI=1S/C24H26BrN3O5/c1-12(11-29)28-20(22(31)27-15-8-7-13-5-3-4-6-14(13)9-15)24-10-16(25)19(33-24)17(21(30)26-2)18(24)23(28)32/h3-9,12,16-20,29H,10-11H2,1-2H3,(H,26,30)(H,27,31)/t12-,16?,17+,18+,19+,20?,24?/m1/s1. The number of carbonyl (C=O) groups is 3. The molecule has 3 heterocycles. The van der Waals surface area contributed by atoms with Crippen molar-refractivity contribution in [2.75, 3.05) is 19.0 Å². The Morgan fingerprint density at radius 1 is 1.24 bits per heavy atom. The van der Waals surface area contributed by atoms with Crippen LogP contribution < -0.4 is 10.6 Å². The minimum absolute atomic E-state index is 0.163. The summed E-state index contributed by atoms with van der Waals surface area (Å²) in [5.41, 5.74) is -0.536. The molecule has 5 rings (SSSR count). The van der Waals surface area contributed by atoms with Gasteiger partial charge >= 0.3 is 0 Å². The van der Waals surface area contributed by atoms with Crippen LogP contribution in [0.4, 0.5) is 5.69 Å². The third-order valence-corrected chi connectivity index (χ3v) is 8.13. The average Bonchev–Trinajstić information content (AvgIpc) is 3.41. The number of aliphatic hydroxyl groups is 1. The molecule has 3 fully saturated rings. The second-order valence-electron chi connectivity index (χ2n) is 9.11. The fraction of sp³-hybridized carbons (Fsp3) is 0.458. The SMILES string of the molecule is CNC(=O)[C@H]1[C@H]2C(=O)N([C@H](C)CO)C(C(=O)Nc3ccc4ccccc4c3)C23CC(Br)[C@@H]1O3. The largest absolute Gasteiger partial charge is 0.394 e. The summed E-state index contributed by atoms with van der Waals surface area (Å²) in [6, 6.07) is 11.9. The molecule has 3 N–H and O–H groups in total. The van der Waals surface area contributed by atoms with Gasteiger partial charge in [-0.1, -0.05) is 46.3 Å². The molecule has 0 aromatic heterocycles. The minimum atomic E-state index is -1.14. The molecule has 2 aromatic rings. The van der Waals surface area contributed by atoms with Gasteiger partial charge in [-0.05, 0) is 36.2 Å². The van der Waals surface area contributed by atoms with E-state index in [0.29, 0.717) is 12.1 Å². The Bertz CT molecular complexity index is 1140. The van der Waals surface area contributed by atoms with Crippen LogP contribution in [-0.2, 0) is 19.1 Å². The molecule has 33 heavy (non-hydrogen) atoms. The summed E-state index contributed by atoms with van der Waals surface area (Å²) in [5, 5.41) is 17.5. The zero-order valence-corrected chi connectivity index (χ0v) is 19.9. The molecule has 0 radical (unpaired) electrons. The predicted octanol–water partition coefficient (Wildman–Crippen LogP) is 1.65. The van der Waals surface area contributed by atoms with E-state index < -0.39 is 35.6 Å². The first-order valence-corrected chi connectivity index (χ1v) is 12.0. The highest BCUT2D eigenvalue weighted by Gasteiger charge is 2.76. The molecule has 9 heteroatoms. The maximum Gasteiger partial charge on any atom is 0.250 e. The number of nitrogens with one attached hydrogen (secondary N) is 2. The number of fused-ring (bicyclic) bond motifs is 2. The summed E-state index contributed by atoms with van der Waals surface area (Å²) >= 11 is 3.61. The van der Waals surface area contributed by atoms with E-state index in [9.17, 15) is 19.5 Å². The number of amides is 3. The maximum absolute atomic E-state index is 13.7. The van der Waals surface area contributed by atoms with Crippen LogP contribution >= 0.6 is 15.9 Å². The van der Waals surface area contributed by atoms with Crippen molar-refractivity contribution in [1.29, 1.82) is 0 Å². The molecule has 3 unspecified atom stereocenters. The summed E-state index contributed by atoms with van der Waals surface area (Å²) in [5.74, 6) is -2.48. The number of nitrogens with zero attached hydrogens (tertiary/aromatic N) is 1. The first-order chi connectivity index (χ1) is 15.8. The number of hydrogen-bond donors (Lipinski definition) is 3. The van der Waals surface area contributed by atoms with Gasteiger partial charge in [-0.3, -0.25) is 14.4 Å². The van der Waals surface area contributed by atoms with Gasteiger partial charge in [-0.15, -0.1) is 0 Å². The second-order valence-corrected chi connectivity index (χ2v) is 10.3. The van der Waals surface area contributed by atoms with E-state index in [2.05, 4.69) is 26.6 Å². The summed E-state index contributed by atoms with van der Waals surface area (Å²) in [6.45, 7) is 1.39. The minimum Gasteiger partial charge on any atom is -0.394 e. The predicted molar refractivity (Wildman–Crippen MR) is 126 cm³/mol. The number of carbonyl (C=O) groups excluding carboxylic acids is 3. The molecule has 0 saturated carbocycles. The van der Waals surface area contributed by atoms with E-state index in [4.69, 9.17) is 4.74 Å². The van der Waals surface area contributed by atoms with Crippen LogP contribution in [0.2, 0.25) is 0 Å². The molecule has 3 aliphatic rings. The number of ether oxygens (including phenoxy) is 1. The van der Waals surface area contributed by atoms with Crippen LogP contribution in [0.5, 0.6) is 0 Å². The summed E-state index contributed by atoms with van der Waals surface area (Å²) in [7, 11) is 1.53. The van der Waals surface area contributed by atoms with E-state index in [0.717, 1.165) is 10.8 Å². The summed E-state index contributed by atoms with van der Waals surface area (Å²) in [4.78, 5) is 41.3. The first-order valence-electron chi connectivity index (χ1n) is 11.1. The van der Waals surface area contributed by atoms with E-state index in [-0.39, 0.29) is 29.2 Å². The van der Waals surface area contributed by atoms with Crippen molar-refractivity contribution in [3.63, 3.8) is 0 Å². The van der Waals surface area contributed by atoms with Crippen LogP contribution in [0.15, 0.2) is 42.5 Å². The van der Waals surface area contributed by atoms with Crippen LogP contribution in [0.25, 0.3) is 10.8 Å². The quantitative estimate of drug-likeness (QED) is 0.524. The van der Waals surface area contributed by atoms with Crippen molar-refractivity contribution >= 4 is 50.1 Å². The molecule has 3 saturated heterocycles. The molecular formula is C24H26BrN3O5. The Hall–Kier alpha value is -2.49.